The van der Waals surface area contributed by atoms with Gasteiger partial charge in [-0.2, -0.15) is 0 Å². The number of aryl methyl sites for hydroxylation is 4. The highest BCUT2D eigenvalue weighted by molar-refractivity contribution is 7.12. The average Bonchev–Trinajstić information content (AvgIpc) is 2.72. The van der Waals surface area contributed by atoms with Crippen molar-refractivity contribution in [2.24, 2.45) is 0 Å². The molecule has 0 aliphatic heterocycles. The number of thiazole rings is 1. The molecule has 0 saturated carbocycles. The second-order valence-electron chi connectivity index (χ2n) is 3.36. The Morgan fingerprint density at radius 3 is 2.43 bits per heavy atom. The first-order valence-corrected chi connectivity index (χ1v) is 6.34. The molecule has 1 nitrogen and oxygen atoms in total. The number of thiophene rings is 1. The lowest BCUT2D eigenvalue weighted by atomic mass is 10.2. The van der Waals surface area contributed by atoms with Gasteiger partial charge in [0.05, 0.1) is 5.01 Å². The molecule has 2 aromatic rings. The second-order valence-corrected chi connectivity index (χ2v) is 6.05. The quantitative estimate of drug-likeness (QED) is 0.774. The summed E-state index contributed by atoms with van der Waals surface area (Å²) in [6.07, 6.45) is 4.28. The minimum Gasteiger partial charge on any atom is -0.250 e. The predicted molar refractivity (Wildman–Crippen MR) is 63.3 cm³/mol. The Hall–Kier alpha value is -0.670. The largest absolute Gasteiger partial charge is 0.250 e. The van der Waals surface area contributed by atoms with Gasteiger partial charge in [0.2, 0.25) is 0 Å². The van der Waals surface area contributed by atoms with Crippen LogP contribution in [0.15, 0.2) is 18.3 Å². The number of nitrogens with zero attached hydrogens (tertiary/aromatic N) is 1. The summed E-state index contributed by atoms with van der Waals surface area (Å²) in [5.74, 6) is 0. The molecule has 0 saturated heterocycles. The maximum Gasteiger partial charge on any atom is 0.0896 e. The molecule has 14 heavy (non-hydrogen) atoms. The summed E-state index contributed by atoms with van der Waals surface area (Å²) >= 11 is 3.71. The number of hydrogen-bond acceptors (Lipinski definition) is 3. The maximum absolute atomic E-state index is 4.26. The van der Waals surface area contributed by atoms with Gasteiger partial charge in [0.25, 0.3) is 0 Å². The summed E-state index contributed by atoms with van der Waals surface area (Å²) in [5, 5.41) is 1.17. The maximum atomic E-state index is 4.26. The highest BCUT2D eigenvalue weighted by atomic mass is 32.1. The SMILES string of the molecule is Cc1ccc(CCc2cnc(C)s2)s1. The van der Waals surface area contributed by atoms with E-state index in [1.165, 1.54) is 19.6 Å². The van der Waals surface area contributed by atoms with Gasteiger partial charge in [0.1, 0.15) is 0 Å². The van der Waals surface area contributed by atoms with Crippen LogP contribution in [0.4, 0.5) is 0 Å². The Bertz CT molecular complexity index is 374. The molecule has 2 heterocycles. The van der Waals surface area contributed by atoms with E-state index < -0.39 is 0 Å². The van der Waals surface area contributed by atoms with Crippen LogP contribution in [0.5, 0.6) is 0 Å². The van der Waals surface area contributed by atoms with Gasteiger partial charge >= 0.3 is 0 Å². The van der Waals surface area contributed by atoms with Gasteiger partial charge in [-0.3, -0.25) is 0 Å². The standard InChI is InChI=1S/C11H13NS2/c1-8-3-4-10(13-8)5-6-11-7-12-9(2)14-11/h3-4,7H,5-6H2,1-2H3. The zero-order valence-electron chi connectivity index (χ0n) is 8.41. The van der Waals surface area contributed by atoms with E-state index in [1.807, 2.05) is 28.9 Å². The number of hydrogen-bond donors (Lipinski definition) is 0. The zero-order valence-corrected chi connectivity index (χ0v) is 10.0. The summed E-state index contributed by atoms with van der Waals surface area (Å²) in [7, 11) is 0. The van der Waals surface area contributed by atoms with Crippen LogP contribution in [-0.4, -0.2) is 4.98 Å². The molecule has 0 N–H and O–H groups in total. The third-order valence-corrected chi connectivity index (χ3v) is 4.12. The molecule has 0 spiro atoms. The molecule has 2 aromatic heterocycles. The Labute approximate surface area is 92.4 Å². The van der Waals surface area contributed by atoms with Crippen LogP contribution >= 0.6 is 22.7 Å². The normalized spacial score (nSPS) is 10.7. The first kappa shape index (κ1) is 9.87. The Kier molecular flexibility index (Phi) is 2.99. The fourth-order valence-electron chi connectivity index (χ4n) is 1.39. The lowest BCUT2D eigenvalue weighted by molar-refractivity contribution is 0.998. The van der Waals surface area contributed by atoms with Crippen molar-refractivity contribution in [2.45, 2.75) is 26.7 Å². The van der Waals surface area contributed by atoms with Crippen molar-refractivity contribution in [1.29, 1.82) is 0 Å². The van der Waals surface area contributed by atoms with Gasteiger partial charge in [-0.15, -0.1) is 22.7 Å². The van der Waals surface area contributed by atoms with Crippen LogP contribution < -0.4 is 0 Å². The van der Waals surface area contributed by atoms with Crippen molar-refractivity contribution >= 4 is 22.7 Å². The molecule has 0 unspecified atom stereocenters. The molecule has 0 aromatic carbocycles. The minimum absolute atomic E-state index is 1.13. The molecule has 0 fully saturated rings. The van der Waals surface area contributed by atoms with E-state index in [9.17, 15) is 0 Å². The van der Waals surface area contributed by atoms with Crippen LogP contribution in [-0.2, 0) is 12.8 Å². The molecule has 0 aliphatic rings. The molecule has 0 bridgehead atoms. The first-order valence-electron chi connectivity index (χ1n) is 4.70. The van der Waals surface area contributed by atoms with Crippen LogP contribution in [0.25, 0.3) is 0 Å². The van der Waals surface area contributed by atoms with E-state index in [-0.39, 0.29) is 0 Å². The summed E-state index contributed by atoms with van der Waals surface area (Å²) in [6, 6.07) is 4.42. The van der Waals surface area contributed by atoms with Crippen molar-refractivity contribution < 1.29 is 0 Å². The zero-order chi connectivity index (χ0) is 9.97. The molecular weight excluding hydrogens is 210 g/mol. The van der Waals surface area contributed by atoms with Crippen LogP contribution in [0.2, 0.25) is 0 Å². The van der Waals surface area contributed by atoms with Gasteiger partial charge < -0.3 is 0 Å². The summed E-state index contributed by atoms with van der Waals surface area (Å²) < 4.78 is 0. The predicted octanol–water partition coefficient (Wildman–Crippen LogP) is 3.61. The molecule has 3 heteroatoms. The van der Waals surface area contributed by atoms with Crippen LogP contribution in [0, 0.1) is 13.8 Å². The third kappa shape index (κ3) is 2.42. The Morgan fingerprint density at radius 1 is 1.07 bits per heavy atom. The molecule has 2 rings (SSSR count). The van der Waals surface area contributed by atoms with Crippen LogP contribution in [0.3, 0.4) is 0 Å². The van der Waals surface area contributed by atoms with E-state index in [2.05, 4.69) is 31.0 Å². The Balaban J connectivity index is 1.94. The lowest BCUT2D eigenvalue weighted by Gasteiger charge is -1.93. The average molecular weight is 223 g/mol. The smallest absolute Gasteiger partial charge is 0.0896 e. The van der Waals surface area contributed by atoms with Crippen molar-refractivity contribution in [1.82, 2.24) is 4.98 Å². The first-order chi connectivity index (χ1) is 6.74. The van der Waals surface area contributed by atoms with Crippen LogP contribution in [0.1, 0.15) is 19.6 Å². The van der Waals surface area contributed by atoms with Gasteiger partial charge in [0, 0.05) is 20.8 Å². The molecule has 0 atom stereocenters. The van der Waals surface area contributed by atoms with E-state index in [0.29, 0.717) is 0 Å². The van der Waals surface area contributed by atoms with Crippen molar-refractivity contribution in [3.8, 4) is 0 Å². The van der Waals surface area contributed by atoms with Gasteiger partial charge in [-0.05, 0) is 38.8 Å². The molecule has 0 aliphatic carbocycles. The monoisotopic (exact) mass is 223 g/mol. The summed E-state index contributed by atoms with van der Waals surface area (Å²) in [6.45, 7) is 4.22. The number of rotatable bonds is 3. The van der Waals surface area contributed by atoms with E-state index in [1.54, 1.807) is 0 Å². The lowest BCUT2D eigenvalue weighted by Crippen LogP contribution is -1.83. The second kappa shape index (κ2) is 4.24. The van der Waals surface area contributed by atoms with Crippen molar-refractivity contribution in [2.75, 3.05) is 0 Å². The molecule has 0 radical (unpaired) electrons. The molecular formula is C11H13NS2. The van der Waals surface area contributed by atoms with Crippen molar-refractivity contribution in [3.05, 3.63) is 38.0 Å². The highest BCUT2D eigenvalue weighted by Gasteiger charge is 2.00. The minimum atomic E-state index is 1.13. The Morgan fingerprint density at radius 2 is 1.86 bits per heavy atom. The van der Waals surface area contributed by atoms with E-state index in [0.717, 1.165) is 12.8 Å². The van der Waals surface area contributed by atoms with Crippen molar-refractivity contribution in [3.63, 3.8) is 0 Å². The highest BCUT2D eigenvalue weighted by Crippen LogP contribution is 2.19. The summed E-state index contributed by atoms with van der Waals surface area (Å²) in [5.41, 5.74) is 0. The van der Waals surface area contributed by atoms with Gasteiger partial charge in [-0.1, -0.05) is 0 Å². The van der Waals surface area contributed by atoms with Gasteiger partial charge in [-0.25, -0.2) is 4.98 Å². The number of aromatic nitrogens is 1. The van der Waals surface area contributed by atoms with E-state index >= 15 is 0 Å². The summed E-state index contributed by atoms with van der Waals surface area (Å²) in [4.78, 5) is 8.54. The molecule has 0 amide bonds. The fraction of sp³-hybridized carbons (Fsp3) is 0.364. The van der Waals surface area contributed by atoms with Gasteiger partial charge in [0.15, 0.2) is 0 Å². The van der Waals surface area contributed by atoms with E-state index in [4.69, 9.17) is 0 Å². The third-order valence-electron chi connectivity index (χ3n) is 2.08. The molecule has 74 valence electrons. The topological polar surface area (TPSA) is 12.9 Å². The fourth-order valence-corrected chi connectivity index (χ4v) is 3.07.